The SMILES string of the molecule is CC(C)=CCC/C(C)=C/CO/C([O-])=C1/C=CC=C1P(c1ccccc1)c1ccccc1. The van der Waals surface area contributed by atoms with E-state index in [1.807, 2.05) is 30.4 Å². The van der Waals surface area contributed by atoms with E-state index in [2.05, 4.69) is 81.5 Å². The van der Waals surface area contributed by atoms with Gasteiger partial charge in [-0.05, 0) is 57.5 Å². The molecule has 1 aliphatic rings. The van der Waals surface area contributed by atoms with Crippen molar-refractivity contribution in [1.29, 1.82) is 0 Å². The van der Waals surface area contributed by atoms with Gasteiger partial charge in [0, 0.05) is 12.2 Å². The van der Waals surface area contributed by atoms with Gasteiger partial charge < -0.3 is 9.84 Å². The number of benzene rings is 2. The van der Waals surface area contributed by atoms with E-state index < -0.39 is 7.92 Å². The smallest absolute Gasteiger partial charge is 0.0596 e. The van der Waals surface area contributed by atoms with E-state index in [0.717, 1.165) is 18.2 Å². The molecule has 0 radical (unpaired) electrons. The van der Waals surface area contributed by atoms with Gasteiger partial charge in [0.2, 0.25) is 0 Å². The molecule has 0 N–H and O–H groups in total. The molecule has 0 fully saturated rings. The van der Waals surface area contributed by atoms with Crippen LogP contribution in [0.25, 0.3) is 0 Å². The predicted molar refractivity (Wildman–Crippen MR) is 132 cm³/mol. The average molecular weight is 430 g/mol. The fourth-order valence-electron chi connectivity index (χ4n) is 3.39. The van der Waals surface area contributed by atoms with Crippen molar-refractivity contribution in [2.75, 3.05) is 6.61 Å². The molecule has 160 valence electrons. The molecule has 1 aliphatic carbocycles. The highest BCUT2D eigenvalue weighted by Crippen LogP contribution is 2.49. The fraction of sp³-hybridized carbons (Fsp3) is 0.214. The first-order chi connectivity index (χ1) is 15.1. The highest BCUT2D eigenvalue weighted by atomic mass is 31.1. The Morgan fingerprint density at radius 2 is 1.52 bits per heavy atom. The molecule has 0 aromatic heterocycles. The van der Waals surface area contributed by atoms with Crippen LogP contribution in [-0.4, -0.2) is 6.61 Å². The summed E-state index contributed by atoms with van der Waals surface area (Å²) in [7, 11) is -0.827. The Balaban J connectivity index is 1.78. The van der Waals surface area contributed by atoms with Gasteiger partial charge in [0.05, 0.1) is 5.95 Å². The fourth-order valence-corrected chi connectivity index (χ4v) is 5.82. The summed E-state index contributed by atoms with van der Waals surface area (Å²) >= 11 is 0. The van der Waals surface area contributed by atoms with Crippen LogP contribution in [0.5, 0.6) is 0 Å². The molecular weight excluding hydrogens is 399 g/mol. The molecule has 2 aromatic carbocycles. The number of allylic oxidation sites excluding steroid dienone is 8. The Hall–Kier alpha value is -2.83. The number of rotatable bonds is 9. The third kappa shape index (κ3) is 6.57. The van der Waals surface area contributed by atoms with Crippen molar-refractivity contribution in [1.82, 2.24) is 0 Å². The van der Waals surface area contributed by atoms with Gasteiger partial charge in [0.15, 0.2) is 0 Å². The Morgan fingerprint density at radius 3 is 2.10 bits per heavy atom. The third-order valence-corrected chi connectivity index (χ3v) is 7.52. The van der Waals surface area contributed by atoms with E-state index >= 15 is 0 Å². The van der Waals surface area contributed by atoms with E-state index in [0.29, 0.717) is 12.2 Å². The van der Waals surface area contributed by atoms with E-state index in [-0.39, 0.29) is 5.95 Å². The summed E-state index contributed by atoms with van der Waals surface area (Å²) < 4.78 is 5.63. The molecule has 2 aromatic rings. The Bertz CT molecular complexity index is 968. The molecule has 0 amide bonds. The van der Waals surface area contributed by atoms with Crippen LogP contribution in [0.2, 0.25) is 0 Å². The van der Waals surface area contributed by atoms with Gasteiger partial charge in [-0.25, -0.2) is 0 Å². The summed E-state index contributed by atoms with van der Waals surface area (Å²) in [6.07, 6.45) is 12.1. The molecular formula is C28H30O2P-. The summed E-state index contributed by atoms with van der Waals surface area (Å²) in [5.74, 6) is -0.257. The topological polar surface area (TPSA) is 32.3 Å². The van der Waals surface area contributed by atoms with E-state index in [1.165, 1.54) is 21.8 Å². The Kier molecular flexibility index (Phi) is 8.50. The van der Waals surface area contributed by atoms with Crippen LogP contribution in [0, 0.1) is 0 Å². The first kappa shape index (κ1) is 22.8. The summed E-state index contributed by atoms with van der Waals surface area (Å²) in [6, 6.07) is 20.8. The van der Waals surface area contributed by atoms with Crippen LogP contribution in [0.1, 0.15) is 33.6 Å². The van der Waals surface area contributed by atoms with Crippen molar-refractivity contribution in [3.8, 4) is 0 Å². The molecule has 3 rings (SSSR count). The molecule has 0 bridgehead atoms. The minimum absolute atomic E-state index is 0.257. The van der Waals surface area contributed by atoms with Gasteiger partial charge >= 0.3 is 0 Å². The van der Waals surface area contributed by atoms with Gasteiger partial charge in [-0.2, -0.15) is 0 Å². The minimum Gasteiger partial charge on any atom is -0.609 e. The third-order valence-electron chi connectivity index (χ3n) is 5.02. The molecule has 0 spiro atoms. The van der Waals surface area contributed by atoms with Crippen LogP contribution in [0.15, 0.2) is 119 Å². The molecule has 0 saturated carbocycles. The lowest BCUT2D eigenvalue weighted by Gasteiger charge is -2.25. The van der Waals surface area contributed by atoms with Gasteiger partial charge in [-0.1, -0.05) is 102 Å². The number of hydrogen-bond donors (Lipinski definition) is 0. The molecule has 3 heteroatoms. The molecule has 0 heterocycles. The van der Waals surface area contributed by atoms with Crippen LogP contribution in [0.4, 0.5) is 0 Å². The maximum Gasteiger partial charge on any atom is 0.0596 e. The summed E-state index contributed by atoms with van der Waals surface area (Å²) in [6.45, 7) is 6.61. The van der Waals surface area contributed by atoms with Crippen LogP contribution in [-0.2, 0) is 4.74 Å². The van der Waals surface area contributed by atoms with Crippen molar-refractivity contribution in [2.24, 2.45) is 0 Å². The standard InChI is InChI=1S/C28H31O2P/c1-22(2)12-10-13-23(3)20-21-30-28(29)26-18-11-19-27(26)31(24-14-6-4-7-15-24)25-16-8-5-9-17-25/h4-9,11-12,14-20,29H,10,13,21H2,1-3H3/p-1/b23-20+,28-26-. The normalized spacial score (nSPS) is 15.1. The first-order valence-electron chi connectivity index (χ1n) is 10.7. The molecule has 0 saturated heterocycles. The second-order valence-electron chi connectivity index (χ2n) is 7.80. The van der Waals surface area contributed by atoms with Crippen LogP contribution >= 0.6 is 7.92 Å². The summed E-state index contributed by atoms with van der Waals surface area (Å²) in [5.41, 5.74) is 3.23. The van der Waals surface area contributed by atoms with Crippen molar-refractivity contribution in [3.63, 3.8) is 0 Å². The minimum atomic E-state index is -0.827. The summed E-state index contributed by atoms with van der Waals surface area (Å²) in [4.78, 5) is 0. The Labute approximate surface area is 187 Å². The van der Waals surface area contributed by atoms with Crippen molar-refractivity contribution >= 4 is 18.5 Å². The van der Waals surface area contributed by atoms with Gasteiger partial charge in [0.25, 0.3) is 0 Å². The van der Waals surface area contributed by atoms with Crippen molar-refractivity contribution in [3.05, 3.63) is 119 Å². The monoisotopic (exact) mass is 429 g/mol. The van der Waals surface area contributed by atoms with Crippen molar-refractivity contribution < 1.29 is 9.84 Å². The van der Waals surface area contributed by atoms with E-state index in [4.69, 9.17) is 4.74 Å². The second-order valence-corrected chi connectivity index (χ2v) is 9.99. The average Bonchev–Trinajstić information content (AvgIpc) is 3.24. The molecule has 0 atom stereocenters. The predicted octanol–water partition coefficient (Wildman–Crippen LogP) is 5.85. The lowest BCUT2D eigenvalue weighted by molar-refractivity contribution is -0.356. The summed E-state index contributed by atoms with van der Waals surface area (Å²) in [5, 5.41) is 16.4. The van der Waals surface area contributed by atoms with Crippen LogP contribution < -0.4 is 15.7 Å². The van der Waals surface area contributed by atoms with Crippen molar-refractivity contribution in [2.45, 2.75) is 33.6 Å². The lowest BCUT2D eigenvalue weighted by Crippen LogP contribution is -2.16. The first-order valence-corrected chi connectivity index (χ1v) is 12.0. The molecule has 2 nitrogen and oxygen atoms in total. The maximum absolute atomic E-state index is 12.9. The number of hydrogen-bond acceptors (Lipinski definition) is 2. The molecule has 0 aliphatic heterocycles. The highest BCUT2D eigenvalue weighted by molar-refractivity contribution is 7.77. The zero-order chi connectivity index (χ0) is 22.1. The lowest BCUT2D eigenvalue weighted by atomic mass is 10.1. The van der Waals surface area contributed by atoms with Gasteiger partial charge in [-0.15, -0.1) is 0 Å². The quantitative estimate of drug-likeness (QED) is 0.284. The maximum atomic E-state index is 12.9. The number of ether oxygens (including phenoxy) is 1. The van der Waals surface area contributed by atoms with Crippen LogP contribution in [0.3, 0.4) is 0 Å². The second kappa shape index (κ2) is 11.5. The largest absolute Gasteiger partial charge is 0.609 e. The molecule has 31 heavy (non-hydrogen) atoms. The van der Waals surface area contributed by atoms with E-state index in [1.54, 1.807) is 0 Å². The highest BCUT2D eigenvalue weighted by Gasteiger charge is 2.23. The Morgan fingerprint density at radius 1 is 0.903 bits per heavy atom. The molecule has 0 unspecified atom stereocenters. The zero-order valence-corrected chi connectivity index (χ0v) is 19.4. The van der Waals surface area contributed by atoms with E-state index in [9.17, 15) is 5.11 Å². The zero-order valence-electron chi connectivity index (χ0n) is 18.5. The van der Waals surface area contributed by atoms with Gasteiger partial charge in [0.1, 0.15) is 0 Å². The van der Waals surface area contributed by atoms with Gasteiger partial charge in [-0.3, -0.25) is 0 Å².